The molecule has 0 atom stereocenters. The smallest absolute Gasteiger partial charge is 0.303 e. The number of carboxylic acids is 2. The van der Waals surface area contributed by atoms with Crippen LogP contribution in [0.3, 0.4) is 0 Å². The van der Waals surface area contributed by atoms with Crippen LogP contribution in [-0.2, 0) is 32.3 Å². The predicted octanol–water partition coefficient (Wildman–Crippen LogP) is 6.46. The Morgan fingerprint density at radius 1 is 0.744 bits per heavy atom. The Kier molecular flexibility index (Phi) is 12.8. The minimum Gasteiger partial charge on any atom is -0.493 e. The number of unbranched alkanes of at least 4 members (excludes halogenated alkanes) is 3. The van der Waals surface area contributed by atoms with Gasteiger partial charge in [0.15, 0.2) is 9.84 Å². The fourth-order valence-corrected chi connectivity index (χ4v) is 5.06. The number of ether oxygens (including phenoxy) is 3. The number of hydrogen-bond donors (Lipinski definition) is 2. The molecule has 232 valence electrons. The molecule has 11 heteroatoms. The Hall–Kier alpha value is -4.12. The molecule has 0 fully saturated rings. The monoisotopic (exact) mass is 616 g/mol. The van der Waals surface area contributed by atoms with E-state index in [-0.39, 0.29) is 30.1 Å². The molecule has 0 aliphatic carbocycles. The summed E-state index contributed by atoms with van der Waals surface area (Å²) in [7, 11) is -3.53. The summed E-state index contributed by atoms with van der Waals surface area (Å²) in [6.45, 7) is 0.607. The second kappa shape index (κ2) is 16.5. The number of rotatable bonds is 19. The lowest BCUT2D eigenvalue weighted by molar-refractivity contribution is -0.138. The second-order valence-electron chi connectivity index (χ2n) is 10.1. The van der Waals surface area contributed by atoms with Crippen molar-refractivity contribution in [3.63, 3.8) is 0 Å². The SMILES string of the molecule is CS(=O)(=O)c1cc(OCCCCCCc2cccc(OCCCC(=O)O)c2CCC(=O)O)cc(Oc2ccc(F)cc2)c1. The number of carboxylic acid groups (broad SMARTS) is 2. The number of carbonyl (C=O) groups is 2. The Morgan fingerprint density at radius 2 is 1.42 bits per heavy atom. The van der Waals surface area contributed by atoms with Gasteiger partial charge in [-0.05, 0) is 85.7 Å². The Balaban J connectivity index is 1.51. The average Bonchev–Trinajstić information content (AvgIpc) is 2.94. The number of halogens is 1. The van der Waals surface area contributed by atoms with Crippen molar-refractivity contribution in [2.45, 2.75) is 62.7 Å². The predicted molar refractivity (Wildman–Crippen MR) is 158 cm³/mol. The highest BCUT2D eigenvalue weighted by Gasteiger charge is 2.14. The van der Waals surface area contributed by atoms with Crippen molar-refractivity contribution in [2.24, 2.45) is 0 Å². The van der Waals surface area contributed by atoms with Crippen LogP contribution in [0.1, 0.15) is 56.1 Å². The Labute approximate surface area is 251 Å². The molecule has 2 N–H and O–H groups in total. The molecule has 3 aromatic carbocycles. The van der Waals surface area contributed by atoms with E-state index in [9.17, 15) is 27.5 Å². The van der Waals surface area contributed by atoms with Crippen LogP contribution in [0.5, 0.6) is 23.0 Å². The fraction of sp³-hybridized carbons (Fsp3) is 0.375. The molecule has 43 heavy (non-hydrogen) atoms. The maximum atomic E-state index is 13.2. The zero-order valence-electron chi connectivity index (χ0n) is 24.1. The zero-order valence-corrected chi connectivity index (χ0v) is 24.9. The molecule has 0 aliphatic rings. The number of sulfone groups is 1. The van der Waals surface area contributed by atoms with Crippen molar-refractivity contribution in [3.8, 4) is 23.0 Å². The summed E-state index contributed by atoms with van der Waals surface area (Å²) in [5.41, 5.74) is 1.85. The maximum absolute atomic E-state index is 13.2. The van der Waals surface area contributed by atoms with Crippen LogP contribution < -0.4 is 14.2 Å². The zero-order chi connectivity index (χ0) is 31.2. The van der Waals surface area contributed by atoms with Gasteiger partial charge in [-0.15, -0.1) is 0 Å². The van der Waals surface area contributed by atoms with Crippen LogP contribution in [0.2, 0.25) is 0 Å². The van der Waals surface area contributed by atoms with Crippen molar-refractivity contribution in [2.75, 3.05) is 19.5 Å². The van der Waals surface area contributed by atoms with Crippen molar-refractivity contribution in [1.82, 2.24) is 0 Å². The first-order valence-corrected chi connectivity index (χ1v) is 16.0. The minimum atomic E-state index is -3.53. The third-order valence-electron chi connectivity index (χ3n) is 6.55. The molecule has 0 bridgehead atoms. The Morgan fingerprint density at radius 3 is 2.12 bits per heavy atom. The quantitative estimate of drug-likeness (QED) is 0.145. The van der Waals surface area contributed by atoms with Gasteiger partial charge in [0.2, 0.25) is 0 Å². The topological polar surface area (TPSA) is 136 Å². The molecular formula is C32H37FO9S. The van der Waals surface area contributed by atoms with Gasteiger partial charge in [-0.25, -0.2) is 12.8 Å². The summed E-state index contributed by atoms with van der Waals surface area (Å²) in [6, 6.07) is 15.4. The molecule has 0 radical (unpaired) electrons. The third-order valence-corrected chi connectivity index (χ3v) is 7.64. The van der Waals surface area contributed by atoms with Crippen molar-refractivity contribution in [3.05, 3.63) is 77.6 Å². The third kappa shape index (κ3) is 12.0. The van der Waals surface area contributed by atoms with Gasteiger partial charge in [0.05, 0.1) is 18.1 Å². The van der Waals surface area contributed by atoms with Gasteiger partial charge in [-0.2, -0.15) is 0 Å². The van der Waals surface area contributed by atoms with Crippen molar-refractivity contribution >= 4 is 21.8 Å². The molecule has 0 unspecified atom stereocenters. The lowest BCUT2D eigenvalue weighted by Gasteiger charge is -2.15. The van der Waals surface area contributed by atoms with Gasteiger partial charge in [-0.1, -0.05) is 25.0 Å². The van der Waals surface area contributed by atoms with E-state index < -0.39 is 27.6 Å². The van der Waals surface area contributed by atoms with E-state index in [2.05, 4.69) is 0 Å². The van der Waals surface area contributed by atoms with E-state index in [4.69, 9.17) is 19.3 Å². The first-order valence-electron chi connectivity index (χ1n) is 14.1. The van der Waals surface area contributed by atoms with Crippen molar-refractivity contribution < 1.29 is 46.8 Å². The standard InChI is InChI=1S/C32H37FO9S/c1-43(38,39)28-21-26(20-27(22-28)42-25-14-12-24(33)13-15-25)40-18-5-3-2-4-8-23-9-6-10-30(29(23)16-17-32(36)37)41-19-7-11-31(34)35/h6,9-10,12-15,20-22H,2-5,7-8,11,16-19H2,1H3,(H,34,35)(H,36,37). The summed E-state index contributed by atoms with van der Waals surface area (Å²) < 4.78 is 55.0. The molecule has 0 spiro atoms. The fourth-order valence-electron chi connectivity index (χ4n) is 4.40. The summed E-state index contributed by atoms with van der Waals surface area (Å²) >= 11 is 0. The summed E-state index contributed by atoms with van der Waals surface area (Å²) in [6.07, 6.45) is 5.85. The summed E-state index contributed by atoms with van der Waals surface area (Å²) in [4.78, 5) is 22.0. The van der Waals surface area contributed by atoms with Gasteiger partial charge < -0.3 is 24.4 Å². The van der Waals surface area contributed by atoms with E-state index in [1.54, 1.807) is 12.1 Å². The van der Waals surface area contributed by atoms with Crippen LogP contribution in [0, 0.1) is 5.82 Å². The molecule has 0 heterocycles. The molecule has 0 aromatic heterocycles. The molecule has 0 saturated carbocycles. The van der Waals surface area contributed by atoms with E-state index >= 15 is 0 Å². The largest absolute Gasteiger partial charge is 0.493 e. The maximum Gasteiger partial charge on any atom is 0.303 e. The lowest BCUT2D eigenvalue weighted by atomic mass is 9.97. The normalized spacial score (nSPS) is 11.2. The van der Waals surface area contributed by atoms with E-state index in [0.717, 1.165) is 49.5 Å². The minimum absolute atomic E-state index is 0.00192. The first kappa shape index (κ1) is 33.4. The molecule has 3 aromatic rings. The Bertz CT molecular complexity index is 1470. The van der Waals surface area contributed by atoms with E-state index in [0.29, 0.717) is 36.7 Å². The number of benzene rings is 3. The molecular weight excluding hydrogens is 579 g/mol. The highest BCUT2D eigenvalue weighted by atomic mass is 32.2. The molecule has 9 nitrogen and oxygen atoms in total. The lowest BCUT2D eigenvalue weighted by Crippen LogP contribution is -2.07. The second-order valence-corrected chi connectivity index (χ2v) is 12.1. The highest BCUT2D eigenvalue weighted by Crippen LogP contribution is 2.30. The van der Waals surface area contributed by atoms with Gasteiger partial charge in [-0.3, -0.25) is 9.59 Å². The van der Waals surface area contributed by atoms with Crippen LogP contribution >= 0.6 is 0 Å². The average molecular weight is 617 g/mol. The molecule has 3 rings (SSSR count). The summed E-state index contributed by atoms with van der Waals surface area (Å²) in [5, 5.41) is 18.0. The van der Waals surface area contributed by atoms with E-state index in [1.165, 1.54) is 36.4 Å². The molecule has 0 amide bonds. The van der Waals surface area contributed by atoms with Crippen LogP contribution in [0.4, 0.5) is 4.39 Å². The van der Waals surface area contributed by atoms with Crippen LogP contribution in [0.15, 0.2) is 65.6 Å². The molecule has 0 saturated heterocycles. The first-order chi connectivity index (χ1) is 20.5. The van der Waals surface area contributed by atoms with E-state index in [1.807, 2.05) is 12.1 Å². The number of aryl methyl sites for hydroxylation is 1. The van der Waals surface area contributed by atoms with Crippen LogP contribution in [0.25, 0.3) is 0 Å². The summed E-state index contributed by atoms with van der Waals surface area (Å²) in [5.74, 6) is -0.636. The van der Waals surface area contributed by atoms with Gasteiger partial charge in [0, 0.05) is 25.2 Å². The molecule has 0 aliphatic heterocycles. The van der Waals surface area contributed by atoms with Gasteiger partial charge in [0.25, 0.3) is 0 Å². The number of hydrogen-bond acceptors (Lipinski definition) is 7. The number of aliphatic carboxylic acids is 2. The highest BCUT2D eigenvalue weighted by molar-refractivity contribution is 7.90. The van der Waals surface area contributed by atoms with Gasteiger partial charge in [0.1, 0.15) is 28.8 Å². The van der Waals surface area contributed by atoms with Gasteiger partial charge >= 0.3 is 11.9 Å². The van der Waals surface area contributed by atoms with Crippen LogP contribution in [-0.4, -0.2) is 50.0 Å². The van der Waals surface area contributed by atoms with Crippen molar-refractivity contribution in [1.29, 1.82) is 0 Å².